The molecule has 4 heteroatoms. The third kappa shape index (κ3) is 1.73. The van der Waals surface area contributed by atoms with Crippen molar-refractivity contribution in [3.63, 3.8) is 0 Å². The van der Waals surface area contributed by atoms with Gasteiger partial charge in [0.1, 0.15) is 6.10 Å². The van der Waals surface area contributed by atoms with Crippen LogP contribution in [0.2, 0.25) is 0 Å². The summed E-state index contributed by atoms with van der Waals surface area (Å²) in [7, 11) is 0. The fourth-order valence-corrected chi connectivity index (χ4v) is 2.69. The first-order valence-corrected chi connectivity index (χ1v) is 5.92. The molecular formula is C12H17N3O. The van der Waals surface area contributed by atoms with Gasteiger partial charge in [-0.15, -0.1) is 0 Å². The Morgan fingerprint density at radius 3 is 2.81 bits per heavy atom. The number of nitrogens with zero attached hydrogens (tertiary/aromatic N) is 2. The second-order valence-corrected chi connectivity index (χ2v) is 4.69. The summed E-state index contributed by atoms with van der Waals surface area (Å²) in [4.78, 5) is 6.65. The van der Waals surface area contributed by atoms with Crippen LogP contribution >= 0.6 is 0 Å². The first-order chi connectivity index (χ1) is 7.83. The molecule has 1 unspecified atom stereocenters. The van der Waals surface area contributed by atoms with Crippen molar-refractivity contribution >= 4 is 5.69 Å². The molecule has 1 aromatic heterocycles. The summed E-state index contributed by atoms with van der Waals surface area (Å²) in [6.45, 7) is 3.48. The molecule has 86 valence electrons. The molecule has 0 aliphatic carbocycles. The van der Waals surface area contributed by atoms with Gasteiger partial charge in [0.15, 0.2) is 0 Å². The maximum absolute atomic E-state index is 5.94. The lowest BCUT2D eigenvalue weighted by molar-refractivity contribution is -0.00952. The largest absolute Gasteiger partial charge is 0.471 e. The van der Waals surface area contributed by atoms with Gasteiger partial charge in [-0.1, -0.05) is 0 Å². The number of hydrogen-bond acceptors (Lipinski definition) is 4. The van der Waals surface area contributed by atoms with Crippen LogP contribution in [0.4, 0.5) is 5.69 Å². The topological polar surface area (TPSA) is 51.4 Å². The highest BCUT2D eigenvalue weighted by Crippen LogP contribution is 2.31. The molecule has 0 spiro atoms. The average molecular weight is 219 g/mol. The highest BCUT2D eigenvalue weighted by atomic mass is 16.5. The van der Waals surface area contributed by atoms with Crippen LogP contribution in [0.15, 0.2) is 18.3 Å². The first kappa shape index (κ1) is 9.90. The molecule has 1 aromatic rings. The van der Waals surface area contributed by atoms with Gasteiger partial charge in [-0.05, 0) is 44.0 Å². The minimum atomic E-state index is 0.277. The predicted molar refractivity (Wildman–Crippen MR) is 62.2 cm³/mol. The Hall–Kier alpha value is -1.29. The van der Waals surface area contributed by atoms with Gasteiger partial charge in [0.25, 0.3) is 0 Å². The van der Waals surface area contributed by atoms with E-state index in [9.17, 15) is 0 Å². The number of rotatable bonds is 2. The van der Waals surface area contributed by atoms with E-state index in [1.165, 1.54) is 25.9 Å². The number of nitrogen functional groups attached to an aromatic ring is 1. The summed E-state index contributed by atoms with van der Waals surface area (Å²) in [5.41, 5.74) is 6.47. The minimum Gasteiger partial charge on any atom is -0.471 e. The maximum Gasteiger partial charge on any atom is 0.237 e. The first-order valence-electron chi connectivity index (χ1n) is 5.92. The van der Waals surface area contributed by atoms with Crippen LogP contribution in [-0.4, -0.2) is 35.6 Å². The molecule has 3 aliphatic rings. The smallest absolute Gasteiger partial charge is 0.237 e. The summed E-state index contributed by atoms with van der Waals surface area (Å²) in [6.07, 6.45) is 4.50. The molecule has 0 saturated carbocycles. The summed E-state index contributed by atoms with van der Waals surface area (Å²) < 4.78 is 5.94. The number of piperidine rings is 3. The van der Waals surface area contributed by atoms with Gasteiger partial charge in [-0.3, -0.25) is 4.90 Å². The van der Waals surface area contributed by atoms with Crippen LogP contribution in [-0.2, 0) is 0 Å². The highest BCUT2D eigenvalue weighted by molar-refractivity contribution is 5.47. The standard InChI is InChI=1S/C12H17N3O/c13-10-2-1-5-14-12(10)16-11-8-15-6-3-9(11)4-7-15/h1-2,5,9,11H,3-4,6-8,13H2. The van der Waals surface area contributed by atoms with Crippen LogP contribution in [0.3, 0.4) is 0 Å². The van der Waals surface area contributed by atoms with E-state index in [4.69, 9.17) is 10.5 Å². The van der Waals surface area contributed by atoms with Crippen molar-refractivity contribution in [1.82, 2.24) is 9.88 Å². The lowest BCUT2D eigenvalue weighted by atomic mass is 9.86. The van der Waals surface area contributed by atoms with Crippen molar-refractivity contribution in [2.75, 3.05) is 25.4 Å². The lowest BCUT2D eigenvalue weighted by Gasteiger charge is -2.44. The number of fused-ring (bicyclic) bond motifs is 3. The molecule has 4 heterocycles. The number of pyridine rings is 1. The van der Waals surface area contributed by atoms with E-state index >= 15 is 0 Å². The van der Waals surface area contributed by atoms with Crippen LogP contribution < -0.4 is 10.5 Å². The van der Waals surface area contributed by atoms with E-state index in [0.717, 1.165) is 6.54 Å². The lowest BCUT2D eigenvalue weighted by Crippen LogP contribution is -2.52. The van der Waals surface area contributed by atoms with E-state index in [1.54, 1.807) is 6.20 Å². The SMILES string of the molecule is Nc1cccnc1OC1CN2CCC1CC2. The van der Waals surface area contributed by atoms with Crippen molar-refractivity contribution in [3.05, 3.63) is 18.3 Å². The van der Waals surface area contributed by atoms with Crippen molar-refractivity contribution < 1.29 is 4.74 Å². The molecule has 0 radical (unpaired) electrons. The van der Waals surface area contributed by atoms with Gasteiger partial charge in [-0.2, -0.15) is 0 Å². The van der Waals surface area contributed by atoms with E-state index < -0.39 is 0 Å². The number of anilines is 1. The van der Waals surface area contributed by atoms with Crippen LogP contribution in [0, 0.1) is 5.92 Å². The second-order valence-electron chi connectivity index (χ2n) is 4.69. The maximum atomic E-state index is 5.94. The van der Waals surface area contributed by atoms with E-state index in [1.807, 2.05) is 12.1 Å². The summed E-state index contributed by atoms with van der Waals surface area (Å²) in [5.74, 6) is 1.28. The van der Waals surface area contributed by atoms with Crippen LogP contribution in [0.1, 0.15) is 12.8 Å². The summed E-state index contributed by atoms with van der Waals surface area (Å²) in [5, 5.41) is 0. The van der Waals surface area contributed by atoms with Crippen molar-refractivity contribution in [1.29, 1.82) is 0 Å². The van der Waals surface area contributed by atoms with Gasteiger partial charge in [0.2, 0.25) is 5.88 Å². The normalized spacial score (nSPS) is 32.6. The van der Waals surface area contributed by atoms with E-state index in [2.05, 4.69) is 9.88 Å². The average Bonchev–Trinajstić information content (AvgIpc) is 2.34. The molecular weight excluding hydrogens is 202 g/mol. The fraction of sp³-hybridized carbons (Fsp3) is 0.583. The Balaban J connectivity index is 1.73. The van der Waals surface area contributed by atoms with Gasteiger partial charge < -0.3 is 10.5 Å². The number of aromatic nitrogens is 1. The monoisotopic (exact) mass is 219 g/mol. The Bertz CT molecular complexity index is 374. The van der Waals surface area contributed by atoms with Crippen LogP contribution in [0.5, 0.6) is 5.88 Å². The highest BCUT2D eigenvalue weighted by Gasteiger charge is 2.35. The van der Waals surface area contributed by atoms with Gasteiger partial charge in [0.05, 0.1) is 5.69 Å². The Morgan fingerprint density at radius 1 is 1.38 bits per heavy atom. The van der Waals surface area contributed by atoms with E-state index in [0.29, 0.717) is 17.5 Å². The molecule has 1 atom stereocenters. The number of hydrogen-bond donors (Lipinski definition) is 1. The quantitative estimate of drug-likeness (QED) is 0.810. The van der Waals surface area contributed by atoms with Gasteiger partial charge >= 0.3 is 0 Å². The van der Waals surface area contributed by atoms with Crippen molar-refractivity contribution in [3.8, 4) is 5.88 Å². The van der Waals surface area contributed by atoms with Gasteiger partial charge in [-0.25, -0.2) is 4.98 Å². The number of nitrogens with two attached hydrogens (primary N) is 1. The third-order valence-electron chi connectivity index (χ3n) is 3.66. The van der Waals surface area contributed by atoms with Gasteiger partial charge in [0, 0.05) is 12.7 Å². The number of ether oxygens (including phenoxy) is 1. The molecule has 2 bridgehead atoms. The zero-order valence-corrected chi connectivity index (χ0v) is 9.30. The molecule has 2 N–H and O–H groups in total. The Morgan fingerprint density at radius 2 is 2.19 bits per heavy atom. The molecule has 0 aromatic carbocycles. The fourth-order valence-electron chi connectivity index (χ4n) is 2.69. The molecule has 4 nitrogen and oxygen atoms in total. The zero-order valence-electron chi connectivity index (χ0n) is 9.30. The second kappa shape index (κ2) is 3.94. The Labute approximate surface area is 95.4 Å². The third-order valence-corrected chi connectivity index (χ3v) is 3.66. The molecule has 4 rings (SSSR count). The van der Waals surface area contributed by atoms with E-state index in [-0.39, 0.29) is 6.10 Å². The van der Waals surface area contributed by atoms with Crippen LogP contribution in [0.25, 0.3) is 0 Å². The summed E-state index contributed by atoms with van der Waals surface area (Å²) in [6, 6.07) is 3.67. The Kier molecular flexibility index (Phi) is 2.44. The minimum absolute atomic E-state index is 0.277. The van der Waals surface area contributed by atoms with Crippen molar-refractivity contribution in [2.45, 2.75) is 18.9 Å². The zero-order chi connectivity index (χ0) is 11.0. The molecule has 3 saturated heterocycles. The summed E-state index contributed by atoms with van der Waals surface area (Å²) >= 11 is 0. The van der Waals surface area contributed by atoms with Crippen molar-refractivity contribution in [2.24, 2.45) is 5.92 Å². The molecule has 16 heavy (non-hydrogen) atoms. The molecule has 3 fully saturated rings. The molecule has 3 aliphatic heterocycles. The predicted octanol–water partition coefficient (Wildman–Crippen LogP) is 1.14. The molecule has 0 amide bonds.